The van der Waals surface area contributed by atoms with Crippen molar-refractivity contribution < 1.29 is 0 Å². The quantitative estimate of drug-likeness (QED) is 0.809. The van der Waals surface area contributed by atoms with E-state index >= 15 is 0 Å². The molecule has 1 aliphatic rings. The molecule has 0 aliphatic carbocycles. The molecule has 0 spiro atoms. The molecule has 2 rings (SSSR count). The van der Waals surface area contributed by atoms with Crippen molar-refractivity contribution >= 4 is 11.4 Å². The van der Waals surface area contributed by atoms with Crippen LogP contribution in [0.2, 0.25) is 0 Å². The topological polar surface area (TPSA) is 32.5 Å². The molecule has 94 valence electrons. The highest BCUT2D eigenvalue weighted by atomic mass is 15.2. The Morgan fingerprint density at radius 1 is 1.35 bits per heavy atom. The molecule has 17 heavy (non-hydrogen) atoms. The van der Waals surface area contributed by atoms with Gasteiger partial charge in [-0.1, -0.05) is 0 Å². The van der Waals surface area contributed by atoms with Crippen LogP contribution in [0.15, 0.2) is 24.3 Å². The van der Waals surface area contributed by atoms with E-state index in [2.05, 4.69) is 35.9 Å². The van der Waals surface area contributed by atoms with Gasteiger partial charge in [-0.25, -0.2) is 0 Å². The van der Waals surface area contributed by atoms with Gasteiger partial charge in [0, 0.05) is 30.5 Å². The molecule has 1 aromatic carbocycles. The molecule has 1 aliphatic heterocycles. The lowest BCUT2D eigenvalue weighted by atomic mass is 10.2. The number of anilines is 2. The second-order valence-corrected chi connectivity index (χ2v) is 4.91. The Morgan fingerprint density at radius 2 is 2.06 bits per heavy atom. The van der Waals surface area contributed by atoms with Gasteiger partial charge in [-0.05, 0) is 57.6 Å². The summed E-state index contributed by atoms with van der Waals surface area (Å²) in [6.45, 7) is 5.63. The van der Waals surface area contributed by atoms with Crippen LogP contribution in [0.3, 0.4) is 0 Å². The second kappa shape index (κ2) is 5.41. The van der Waals surface area contributed by atoms with Gasteiger partial charge in [0.15, 0.2) is 0 Å². The summed E-state index contributed by atoms with van der Waals surface area (Å²) in [4.78, 5) is 4.91. The lowest BCUT2D eigenvalue weighted by molar-refractivity contribution is 0.312. The van der Waals surface area contributed by atoms with Crippen molar-refractivity contribution in [3.8, 4) is 0 Å². The van der Waals surface area contributed by atoms with E-state index in [1.165, 1.54) is 25.1 Å². The maximum absolute atomic E-state index is 5.73. The van der Waals surface area contributed by atoms with Crippen molar-refractivity contribution in [1.82, 2.24) is 4.90 Å². The van der Waals surface area contributed by atoms with Crippen LogP contribution in [0.5, 0.6) is 0 Å². The van der Waals surface area contributed by atoms with Crippen LogP contribution >= 0.6 is 0 Å². The SMILES string of the molecule is CCN(CC1CCCN1C)c1ccc(N)cc1. The zero-order chi connectivity index (χ0) is 12.3. The summed E-state index contributed by atoms with van der Waals surface area (Å²) in [6.07, 6.45) is 2.66. The number of likely N-dealkylation sites (N-methyl/N-ethyl adjacent to an activating group) is 2. The van der Waals surface area contributed by atoms with Gasteiger partial charge in [0.2, 0.25) is 0 Å². The van der Waals surface area contributed by atoms with Crippen molar-refractivity contribution in [2.75, 3.05) is 37.3 Å². The molecule has 3 heteroatoms. The lowest BCUT2D eigenvalue weighted by Crippen LogP contribution is -2.38. The standard InChI is InChI=1S/C14H23N3/c1-3-17(11-14-5-4-10-16(14)2)13-8-6-12(15)7-9-13/h6-9,14H,3-5,10-11,15H2,1-2H3. The van der Waals surface area contributed by atoms with Crippen molar-refractivity contribution in [3.05, 3.63) is 24.3 Å². The highest BCUT2D eigenvalue weighted by molar-refractivity contribution is 5.53. The first-order valence-corrected chi connectivity index (χ1v) is 6.51. The molecule has 1 fully saturated rings. The molecular weight excluding hydrogens is 210 g/mol. The van der Waals surface area contributed by atoms with Gasteiger partial charge in [0.25, 0.3) is 0 Å². The predicted octanol–water partition coefficient (Wildman–Crippen LogP) is 2.19. The summed E-state index contributed by atoms with van der Waals surface area (Å²) in [5.74, 6) is 0. The third-order valence-electron chi connectivity index (χ3n) is 3.74. The number of nitrogens with two attached hydrogens (primary N) is 1. The molecule has 0 amide bonds. The van der Waals surface area contributed by atoms with Crippen molar-refractivity contribution in [2.45, 2.75) is 25.8 Å². The van der Waals surface area contributed by atoms with E-state index in [1.54, 1.807) is 0 Å². The molecule has 3 nitrogen and oxygen atoms in total. The first-order chi connectivity index (χ1) is 8.20. The fourth-order valence-electron chi connectivity index (χ4n) is 2.57. The number of rotatable bonds is 4. The molecule has 0 aromatic heterocycles. The third kappa shape index (κ3) is 2.91. The highest BCUT2D eigenvalue weighted by Gasteiger charge is 2.22. The summed E-state index contributed by atoms with van der Waals surface area (Å²) in [6, 6.07) is 8.90. The van der Waals surface area contributed by atoms with E-state index in [9.17, 15) is 0 Å². The number of likely N-dealkylation sites (tertiary alicyclic amines) is 1. The van der Waals surface area contributed by atoms with Crippen LogP contribution < -0.4 is 10.6 Å². The number of nitrogens with zero attached hydrogens (tertiary/aromatic N) is 2. The van der Waals surface area contributed by atoms with Gasteiger partial charge in [-0.15, -0.1) is 0 Å². The third-order valence-corrected chi connectivity index (χ3v) is 3.74. The lowest BCUT2D eigenvalue weighted by Gasteiger charge is -2.29. The molecule has 1 atom stereocenters. The van der Waals surface area contributed by atoms with Crippen molar-refractivity contribution in [1.29, 1.82) is 0 Å². The van der Waals surface area contributed by atoms with Crippen LogP contribution in [-0.4, -0.2) is 37.6 Å². The zero-order valence-electron chi connectivity index (χ0n) is 10.9. The first kappa shape index (κ1) is 12.2. The van der Waals surface area contributed by atoms with E-state index in [1.807, 2.05) is 12.1 Å². The molecule has 0 bridgehead atoms. The summed E-state index contributed by atoms with van der Waals surface area (Å²) in [7, 11) is 2.23. The molecule has 2 N–H and O–H groups in total. The highest BCUT2D eigenvalue weighted by Crippen LogP contribution is 2.21. The molecule has 0 radical (unpaired) electrons. The second-order valence-electron chi connectivity index (χ2n) is 4.91. The van der Waals surface area contributed by atoms with Gasteiger partial charge in [-0.3, -0.25) is 0 Å². The largest absolute Gasteiger partial charge is 0.399 e. The van der Waals surface area contributed by atoms with Crippen LogP contribution in [0, 0.1) is 0 Å². The Labute approximate surface area is 104 Å². The number of hydrogen-bond acceptors (Lipinski definition) is 3. The average molecular weight is 233 g/mol. The number of nitrogen functional groups attached to an aromatic ring is 1. The normalized spacial score (nSPS) is 20.7. The van der Waals surface area contributed by atoms with Gasteiger partial charge in [0.1, 0.15) is 0 Å². The Kier molecular flexibility index (Phi) is 3.89. The maximum atomic E-state index is 5.73. The van der Waals surface area contributed by atoms with E-state index in [0.29, 0.717) is 6.04 Å². The van der Waals surface area contributed by atoms with E-state index in [-0.39, 0.29) is 0 Å². The summed E-state index contributed by atoms with van der Waals surface area (Å²) < 4.78 is 0. The molecule has 0 saturated carbocycles. The first-order valence-electron chi connectivity index (χ1n) is 6.51. The van der Waals surface area contributed by atoms with Crippen molar-refractivity contribution in [3.63, 3.8) is 0 Å². The van der Waals surface area contributed by atoms with Crippen molar-refractivity contribution in [2.24, 2.45) is 0 Å². The monoisotopic (exact) mass is 233 g/mol. The van der Waals surface area contributed by atoms with Gasteiger partial charge in [0.05, 0.1) is 0 Å². The number of hydrogen-bond donors (Lipinski definition) is 1. The Morgan fingerprint density at radius 3 is 2.59 bits per heavy atom. The van der Waals surface area contributed by atoms with Crippen LogP contribution in [0.4, 0.5) is 11.4 Å². The zero-order valence-corrected chi connectivity index (χ0v) is 10.9. The van der Waals surface area contributed by atoms with Gasteiger partial charge < -0.3 is 15.5 Å². The minimum Gasteiger partial charge on any atom is -0.399 e. The molecule has 1 unspecified atom stereocenters. The minimum atomic E-state index is 0.701. The van der Waals surface area contributed by atoms with Gasteiger partial charge in [-0.2, -0.15) is 0 Å². The fourth-order valence-corrected chi connectivity index (χ4v) is 2.57. The summed E-state index contributed by atoms with van der Waals surface area (Å²) >= 11 is 0. The predicted molar refractivity (Wildman–Crippen MR) is 74.4 cm³/mol. The smallest absolute Gasteiger partial charge is 0.0368 e. The molecule has 1 heterocycles. The molecular formula is C14H23N3. The van der Waals surface area contributed by atoms with Crippen LogP contribution in [0.25, 0.3) is 0 Å². The maximum Gasteiger partial charge on any atom is 0.0368 e. The fraction of sp³-hybridized carbons (Fsp3) is 0.571. The van der Waals surface area contributed by atoms with E-state index < -0.39 is 0 Å². The molecule has 1 saturated heterocycles. The molecule has 1 aromatic rings. The van der Waals surface area contributed by atoms with E-state index in [4.69, 9.17) is 5.73 Å². The average Bonchev–Trinajstić information content (AvgIpc) is 2.73. The van der Waals surface area contributed by atoms with E-state index in [0.717, 1.165) is 18.8 Å². The van der Waals surface area contributed by atoms with Crippen LogP contribution in [-0.2, 0) is 0 Å². The van der Waals surface area contributed by atoms with Gasteiger partial charge >= 0.3 is 0 Å². The number of benzene rings is 1. The Balaban J connectivity index is 2.03. The summed E-state index contributed by atoms with van der Waals surface area (Å²) in [5, 5.41) is 0. The minimum absolute atomic E-state index is 0.701. The Hall–Kier alpha value is -1.22. The summed E-state index contributed by atoms with van der Waals surface area (Å²) in [5.41, 5.74) is 7.84. The Bertz CT molecular complexity index is 347. The van der Waals surface area contributed by atoms with Crippen LogP contribution in [0.1, 0.15) is 19.8 Å².